The minimum atomic E-state index is 0.427. The highest BCUT2D eigenvalue weighted by molar-refractivity contribution is 5.57. The van der Waals surface area contributed by atoms with E-state index in [0.717, 1.165) is 26.1 Å². The second-order valence-corrected chi connectivity index (χ2v) is 6.34. The zero-order valence-corrected chi connectivity index (χ0v) is 12.7. The third-order valence-corrected chi connectivity index (χ3v) is 4.73. The van der Waals surface area contributed by atoms with Crippen LogP contribution in [0.25, 0.3) is 0 Å². The molecule has 1 aromatic carbocycles. The van der Waals surface area contributed by atoms with Gasteiger partial charge in [-0.1, -0.05) is 30.3 Å². The highest BCUT2D eigenvalue weighted by Crippen LogP contribution is 2.37. The monoisotopic (exact) mass is 279 g/mol. The Balaban J connectivity index is 1.90. The number of aryl methyl sites for hydroxylation is 1. The molecule has 3 heteroatoms. The van der Waals surface area contributed by atoms with Crippen molar-refractivity contribution in [1.29, 1.82) is 0 Å². The zero-order valence-electron chi connectivity index (χ0n) is 12.7. The van der Waals surface area contributed by atoms with Crippen LogP contribution in [0.2, 0.25) is 0 Å². The summed E-state index contributed by atoms with van der Waals surface area (Å²) in [7, 11) is 2.22. The Morgan fingerprint density at radius 1 is 1.14 bits per heavy atom. The topological polar surface area (TPSA) is 19.4 Å². The molecule has 2 aromatic rings. The lowest BCUT2D eigenvalue weighted by Crippen LogP contribution is -2.47. The molecule has 4 rings (SSSR count). The number of rotatable bonds is 0. The van der Waals surface area contributed by atoms with Crippen molar-refractivity contribution in [1.82, 2.24) is 9.88 Å². The molecule has 1 aromatic heterocycles. The van der Waals surface area contributed by atoms with E-state index in [-0.39, 0.29) is 0 Å². The molecule has 108 valence electrons. The van der Waals surface area contributed by atoms with Crippen molar-refractivity contribution in [3.05, 3.63) is 58.8 Å². The van der Waals surface area contributed by atoms with E-state index in [0.29, 0.717) is 6.04 Å². The van der Waals surface area contributed by atoms with Crippen LogP contribution < -0.4 is 4.90 Å². The number of nitrogens with zero attached hydrogens (tertiary/aromatic N) is 3. The normalized spacial score (nSPS) is 21.2. The summed E-state index contributed by atoms with van der Waals surface area (Å²) in [4.78, 5) is 9.72. The van der Waals surface area contributed by atoms with Gasteiger partial charge in [-0.3, -0.25) is 0 Å². The number of anilines is 1. The molecule has 0 bridgehead atoms. The van der Waals surface area contributed by atoms with Gasteiger partial charge in [-0.05, 0) is 36.2 Å². The Kier molecular flexibility index (Phi) is 2.96. The van der Waals surface area contributed by atoms with Gasteiger partial charge in [-0.2, -0.15) is 0 Å². The van der Waals surface area contributed by atoms with E-state index in [9.17, 15) is 0 Å². The lowest BCUT2D eigenvalue weighted by Gasteiger charge is -2.41. The Labute approximate surface area is 126 Å². The molecule has 0 spiro atoms. The molecular weight excluding hydrogens is 258 g/mol. The molecular formula is C18H21N3. The SMILES string of the molecule is Cc1cnc2c(c1)Cc1ccccc1C1CN(C)CCN21. The Bertz CT molecular complexity index is 680. The quantitative estimate of drug-likeness (QED) is 0.739. The summed E-state index contributed by atoms with van der Waals surface area (Å²) in [5.74, 6) is 1.19. The average molecular weight is 279 g/mol. The Morgan fingerprint density at radius 3 is 2.90 bits per heavy atom. The number of benzene rings is 1. The van der Waals surface area contributed by atoms with Crippen LogP contribution in [0, 0.1) is 6.92 Å². The van der Waals surface area contributed by atoms with Crippen molar-refractivity contribution in [2.24, 2.45) is 0 Å². The highest BCUT2D eigenvalue weighted by atomic mass is 15.3. The van der Waals surface area contributed by atoms with E-state index in [1.54, 1.807) is 0 Å². The standard InChI is InChI=1S/C18H21N3/c1-13-9-15-10-14-5-3-4-6-16(14)17-12-20(2)7-8-21(17)18(15)19-11-13/h3-6,9,11,17H,7-8,10,12H2,1-2H3. The Morgan fingerprint density at radius 2 is 2.00 bits per heavy atom. The van der Waals surface area contributed by atoms with Gasteiger partial charge in [0.1, 0.15) is 5.82 Å². The number of piperazine rings is 1. The maximum atomic E-state index is 4.78. The molecule has 1 fully saturated rings. The van der Waals surface area contributed by atoms with Crippen LogP contribution in [-0.2, 0) is 6.42 Å². The summed E-state index contributed by atoms with van der Waals surface area (Å²) < 4.78 is 0. The maximum Gasteiger partial charge on any atom is 0.132 e. The minimum Gasteiger partial charge on any atom is -0.347 e. The number of fused-ring (bicyclic) bond motifs is 5. The fraction of sp³-hybridized carbons (Fsp3) is 0.389. The molecule has 1 saturated heterocycles. The first kappa shape index (κ1) is 12.8. The van der Waals surface area contributed by atoms with Crippen LogP contribution >= 0.6 is 0 Å². The molecule has 2 aliphatic rings. The number of likely N-dealkylation sites (N-methyl/N-ethyl adjacent to an activating group) is 1. The van der Waals surface area contributed by atoms with Crippen molar-refractivity contribution in [2.75, 3.05) is 31.6 Å². The first-order chi connectivity index (χ1) is 10.2. The fourth-order valence-corrected chi connectivity index (χ4v) is 3.68. The van der Waals surface area contributed by atoms with E-state index in [2.05, 4.69) is 54.1 Å². The second-order valence-electron chi connectivity index (χ2n) is 6.34. The van der Waals surface area contributed by atoms with Gasteiger partial charge in [-0.15, -0.1) is 0 Å². The van der Waals surface area contributed by atoms with Gasteiger partial charge < -0.3 is 9.80 Å². The zero-order chi connectivity index (χ0) is 14.4. The van der Waals surface area contributed by atoms with E-state index in [1.165, 1.54) is 28.1 Å². The van der Waals surface area contributed by atoms with Gasteiger partial charge in [0.15, 0.2) is 0 Å². The molecule has 0 saturated carbocycles. The molecule has 21 heavy (non-hydrogen) atoms. The first-order valence-corrected chi connectivity index (χ1v) is 7.71. The molecule has 3 nitrogen and oxygen atoms in total. The van der Waals surface area contributed by atoms with Crippen LogP contribution in [0.1, 0.15) is 28.3 Å². The molecule has 0 aliphatic carbocycles. The van der Waals surface area contributed by atoms with Crippen LogP contribution in [0.15, 0.2) is 36.5 Å². The van der Waals surface area contributed by atoms with Crippen molar-refractivity contribution in [3.63, 3.8) is 0 Å². The van der Waals surface area contributed by atoms with Crippen LogP contribution in [-0.4, -0.2) is 36.6 Å². The largest absolute Gasteiger partial charge is 0.347 e. The van der Waals surface area contributed by atoms with Gasteiger partial charge in [0.05, 0.1) is 6.04 Å². The highest BCUT2D eigenvalue weighted by Gasteiger charge is 2.32. The first-order valence-electron chi connectivity index (χ1n) is 7.71. The molecule has 0 amide bonds. The van der Waals surface area contributed by atoms with Gasteiger partial charge >= 0.3 is 0 Å². The van der Waals surface area contributed by atoms with Gasteiger partial charge in [0.2, 0.25) is 0 Å². The number of hydrogen-bond donors (Lipinski definition) is 0. The van der Waals surface area contributed by atoms with Crippen molar-refractivity contribution < 1.29 is 0 Å². The molecule has 0 radical (unpaired) electrons. The maximum absolute atomic E-state index is 4.78. The molecule has 2 aliphatic heterocycles. The van der Waals surface area contributed by atoms with Crippen molar-refractivity contribution in [2.45, 2.75) is 19.4 Å². The second kappa shape index (κ2) is 4.85. The van der Waals surface area contributed by atoms with Crippen LogP contribution in [0.5, 0.6) is 0 Å². The summed E-state index contributed by atoms with van der Waals surface area (Å²) in [6.07, 6.45) is 3.00. The summed E-state index contributed by atoms with van der Waals surface area (Å²) in [5, 5.41) is 0. The van der Waals surface area contributed by atoms with Crippen LogP contribution in [0.4, 0.5) is 5.82 Å². The number of pyridine rings is 1. The van der Waals surface area contributed by atoms with E-state index in [1.807, 2.05) is 6.20 Å². The van der Waals surface area contributed by atoms with Gasteiger partial charge in [-0.25, -0.2) is 4.98 Å². The van der Waals surface area contributed by atoms with Crippen LogP contribution in [0.3, 0.4) is 0 Å². The number of hydrogen-bond acceptors (Lipinski definition) is 3. The molecule has 1 atom stereocenters. The fourth-order valence-electron chi connectivity index (χ4n) is 3.68. The molecule has 3 heterocycles. The van der Waals surface area contributed by atoms with E-state index >= 15 is 0 Å². The van der Waals surface area contributed by atoms with Gasteiger partial charge in [0, 0.05) is 32.3 Å². The third-order valence-electron chi connectivity index (χ3n) is 4.73. The van der Waals surface area contributed by atoms with E-state index < -0.39 is 0 Å². The summed E-state index contributed by atoms with van der Waals surface area (Å²) in [6.45, 7) is 5.36. The van der Waals surface area contributed by atoms with Gasteiger partial charge in [0.25, 0.3) is 0 Å². The lowest BCUT2D eigenvalue weighted by atomic mass is 9.96. The summed E-state index contributed by atoms with van der Waals surface area (Å²) >= 11 is 0. The minimum absolute atomic E-state index is 0.427. The van der Waals surface area contributed by atoms with E-state index in [4.69, 9.17) is 4.98 Å². The number of aromatic nitrogens is 1. The predicted octanol–water partition coefficient (Wildman–Crippen LogP) is 2.79. The third kappa shape index (κ3) is 2.12. The summed E-state index contributed by atoms with van der Waals surface area (Å²) in [5.41, 5.74) is 5.54. The summed E-state index contributed by atoms with van der Waals surface area (Å²) in [6, 6.07) is 11.6. The smallest absolute Gasteiger partial charge is 0.132 e. The molecule has 1 unspecified atom stereocenters. The average Bonchev–Trinajstić information content (AvgIpc) is 2.61. The predicted molar refractivity (Wildman–Crippen MR) is 85.8 cm³/mol. The Hall–Kier alpha value is -1.87. The van der Waals surface area contributed by atoms with Crippen molar-refractivity contribution >= 4 is 5.82 Å². The molecule has 0 N–H and O–H groups in total. The lowest BCUT2D eigenvalue weighted by molar-refractivity contribution is 0.268. The van der Waals surface area contributed by atoms with Crippen molar-refractivity contribution in [3.8, 4) is 0 Å².